The van der Waals surface area contributed by atoms with E-state index in [0.29, 0.717) is 18.5 Å². The number of carboxylic acid groups (broad SMARTS) is 1. The average molecular weight is 1460 g/mol. The number of aliphatic carboxylic acids is 1. The number of hydrogen-bond acceptors (Lipinski definition) is 17. The molecule has 1 aromatic heterocycles. The van der Waals surface area contributed by atoms with Crippen LogP contribution < -0.4 is 70.4 Å². The quantitative estimate of drug-likeness (QED) is 0.0160. The second-order valence-corrected chi connectivity index (χ2v) is 27.8. The zero-order valence-corrected chi connectivity index (χ0v) is 61.2. The summed E-state index contributed by atoms with van der Waals surface area (Å²) in [6, 6.07) is 2.01. The molecule has 2 aliphatic rings. The molecule has 103 heavy (non-hydrogen) atoms. The molecule has 0 bridgehead atoms. The molecule has 1 aliphatic carbocycles. The van der Waals surface area contributed by atoms with E-state index in [4.69, 9.17) is 21.9 Å². The number of aromatic amines is 1. The molecule has 32 nitrogen and oxygen atoms in total. The number of aromatic nitrogens is 2. The molecule has 0 unspecified atom stereocenters. The summed E-state index contributed by atoms with van der Waals surface area (Å²) in [5, 5.41) is 36.1. The summed E-state index contributed by atoms with van der Waals surface area (Å²) in [6.07, 6.45) is 2.51. The molecule has 12 atom stereocenters. The van der Waals surface area contributed by atoms with Crippen molar-refractivity contribution >= 4 is 95.6 Å². The van der Waals surface area contributed by atoms with Crippen molar-refractivity contribution in [1.82, 2.24) is 68.0 Å². The second-order valence-electron chi connectivity index (χ2n) is 27.4. The fourth-order valence-corrected chi connectivity index (χ4v) is 12.4. The van der Waals surface area contributed by atoms with Crippen LogP contribution in [0.1, 0.15) is 150 Å². The number of hydrogen-bond donors (Lipinski definition) is 16. The van der Waals surface area contributed by atoms with E-state index in [1.165, 1.54) is 17.4 Å². The van der Waals surface area contributed by atoms with Gasteiger partial charge in [-0.1, -0.05) is 131 Å². The number of nitrogens with zero attached hydrogens (tertiary/aromatic N) is 3. The van der Waals surface area contributed by atoms with Crippen LogP contribution in [0.15, 0.2) is 66.0 Å². The standard InChI is InChI=1S/C70H105N17O15S/c1-11-39(9)57(67(99)81-49(28-37(5)6)61(93)79-48(27-36(3)4)59(91)76-32-54(71)88)85-62(94)50(30-55(89)90)80-63(95)52(34-103)82-65(97)56(38(7)8)84-60(92)47(23-17-25-75-69(72)73)78-66(98)58(40(10)12-2)86-64(96)53-24-18-26-87(53)68(100)51(29-41-31-74-35-77-41)83-70(101)102-33-46-44-21-15-13-19-42(44)43-20-14-16-22-45(43)46/h13-16,19-22,31,35-40,46-53,56-58,103H,11-12,17-18,23-30,32-34H2,1-10H3,(H2,71,88)(H,74,77)(H,76,91)(H,78,98)(H,79,93)(H,80,95)(H,81,99)(H,82,97)(H,83,101)(H,84,92)(H,85,94)(H,86,96)(H,89,90)(H4,72,73,75)/t39-,40-,47-,48-,49-,50-,51-,52-,53-,56-,57-,58-/m0/s1. The van der Waals surface area contributed by atoms with Gasteiger partial charge in [-0.2, -0.15) is 12.6 Å². The minimum atomic E-state index is -1.86. The van der Waals surface area contributed by atoms with Crippen LogP contribution in [0.2, 0.25) is 0 Å². The van der Waals surface area contributed by atoms with Crippen molar-refractivity contribution in [1.29, 1.82) is 0 Å². The van der Waals surface area contributed by atoms with Gasteiger partial charge in [-0.15, -0.1) is 0 Å². The first-order valence-corrected chi connectivity index (χ1v) is 35.7. The number of nitrogens with two attached hydrogens (primary N) is 3. The van der Waals surface area contributed by atoms with Crippen LogP contribution in [-0.4, -0.2) is 195 Å². The average Bonchev–Trinajstić information content (AvgIpc) is 1.62. The number of H-pyrrole nitrogens is 1. The minimum absolute atomic E-state index is 0.0112. The molecule has 566 valence electrons. The highest BCUT2D eigenvalue weighted by molar-refractivity contribution is 7.80. The minimum Gasteiger partial charge on any atom is -0.481 e. The predicted octanol–water partition coefficient (Wildman–Crippen LogP) is 0.629. The lowest BCUT2D eigenvalue weighted by molar-refractivity contribution is -0.142. The van der Waals surface area contributed by atoms with Crippen LogP contribution in [-0.2, 0) is 68.7 Å². The van der Waals surface area contributed by atoms with Gasteiger partial charge in [0, 0.05) is 43.1 Å². The van der Waals surface area contributed by atoms with Gasteiger partial charge in [0.15, 0.2) is 5.96 Å². The lowest BCUT2D eigenvalue weighted by atomic mass is 9.96. The van der Waals surface area contributed by atoms with Gasteiger partial charge in [0.05, 0.1) is 19.3 Å². The number of imidazole rings is 1. The Hall–Kier alpha value is -9.82. The first kappa shape index (κ1) is 83.8. The molecule has 2 heterocycles. The lowest BCUT2D eigenvalue weighted by Crippen LogP contribution is -2.62. The van der Waals surface area contributed by atoms with E-state index >= 15 is 0 Å². The van der Waals surface area contributed by atoms with Crippen molar-refractivity contribution in [2.75, 3.05) is 32.0 Å². The number of benzene rings is 2. The van der Waals surface area contributed by atoms with Crippen molar-refractivity contribution in [2.45, 2.75) is 200 Å². The Balaban J connectivity index is 1.29. The molecule has 3 aromatic rings. The number of ether oxygens (including phenoxy) is 1. The van der Waals surface area contributed by atoms with Gasteiger partial charge >= 0.3 is 12.1 Å². The summed E-state index contributed by atoms with van der Waals surface area (Å²) in [4.78, 5) is 192. The van der Waals surface area contributed by atoms with Gasteiger partial charge in [0.1, 0.15) is 67.0 Å². The van der Waals surface area contributed by atoms with Crippen LogP contribution in [0, 0.1) is 29.6 Å². The number of carbonyl (C=O) groups excluding carboxylic acids is 12. The zero-order valence-electron chi connectivity index (χ0n) is 60.3. The number of aliphatic imine (C=N–C) groups is 1. The Kier molecular flexibility index (Phi) is 33.1. The van der Waals surface area contributed by atoms with Gasteiger partial charge in [0.25, 0.3) is 0 Å². The van der Waals surface area contributed by atoms with E-state index in [-0.39, 0.29) is 88.4 Å². The highest BCUT2D eigenvalue weighted by Crippen LogP contribution is 2.44. The number of fused-ring (bicyclic) bond motifs is 3. The molecule has 0 spiro atoms. The Labute approximate surface area is 605 Å². The van der Waals surface area contributed by atoms with Crippen molar-refractivity contribution < 1.29 is 72.2 Å². The van der Waals surface area contributed by atoms with Gasteiger partial charge < -0.3 is 90.1 Å². The van der Waals surface area contributed by atoms with Gasteiger partial charge in [-0.3, -0.25) is 62.5 Å². The van der Waals surface area contributed by atoms with Crippen LogP contribution >= 0.6 is 12.6 Å². The second kappa shape index (κ2) is 40.7. The Bertz CT molecular complexity index is 3430. The number of thiol groups is 1. The van der Waals surface area contributed by atoms with E-state index in [9.17, 15) is 67.4 Å². The van der Waals surface area contributed by atoms with Gasteiger partial charge in [-0.25, -0.2) is 9.78 Å². The third-order valence-electron chi connectivity index (χ3n) is 18.1. The Morgan fingerprint density at radius 1 is 0.631 bits per heavy atom. The first-order valence-electron chi connectivity index (χ1n) is 35.0. The normalized spacial score (nSPS) is 16.4. The molecular weight excluding hydrogens is 1350 g/mol. The monoisotopic (exact) mass is 1460 g/mol. The Morgan fingerprint density at radius 2 is 1.14 bits per heavy atom. The summed E-state index contributed by atoms with van der Waals surface area (Å²) in [7, 11) is 0. The van der Waals surface area contributed by atoms with E-state index < -0.39 is 174 Å². The first-order chi connectivity index (χ1) is 48.8. The van der Waals surface area contributed by atoms with Crippen molar-refractivity contribution in [3.63, 3.8) is 0 Å². The van der Waals surface area contributed by atoms with Crippen LogP contribution in [0.4, 0.5) is 4.79 Å². The SMILES string of the molecule is CC[C@H](C)[C@H](NC(=O)[C@H](CC(=O)O)NC(=O)[C@H](CS)NC(=O)[C@@H](NC(=O)[C@H](CCCN=C(N)N)NC(=O)[C@@H](NC(=O)[C@@H]1CCCN1C(=O)[C@H](Cc1cnc[nH]1)NC(=O)OCC1c2ccccc2-c2ccccc21)[C@@H](C)CC)C(C)C)C(=O)N[C@@H](CC(C)C)C(=O)N[C@@H](CC(C)C)C(=O)NCC(N)=O. The number of carbonyl (C=O) groups is 13. The summed E-state index contributed by atoms with van der Waals surface area (Å²) < 4.78 is 5.84. The number of rotatable bonds is 41. The molecule has 5 rings (SSSR count). The molecule has 0 saturated carbocycles. The van der Waals surface area contributed by atoms with E-state index in [1.807, 2.05) is 62.4 Å². The Morgan fingerprint density at radius 3 is 1.67 bits per heavy atom. The van der Waals surface area contributed by atoms with Crippen molar-refractivity contribution in [3.8, 4) is 11.1 Å². The summed E-state index contributed by atoms with van der Waals surface area (Å²) in [6.45, 7) is 16.8. The molecule has 2 aromatic carbocycles. The third-order valence-corrected chi connectivity index (χ3v) is 18.5. The number of carboxylic acids is 1. The number of guanidine groups is 1. The summed E-state index contributed by atoms with van der Waals surface area (Å²) in [5.41, 5.74) is 21.0. The van der Waals surface area contributed by atoms with E-state index in [0.717, 1.165) is 22.3 Å². The molecular formula is C70H105N17O15S. The summed E-state index contributed by atoms with van der Waals surface area (Å²) >= 11 is 4.28. The van der Waals surface area contributed by atoms with Crippen LogP contribution in [0.3, 0.4) is 0 Å². The van der Waals surface area contributed by atoms with Crippen LogP contribution in [0.25, 0.3) is 11.1 Å². The van der Waals surface area contributed by atoms with E-state index in [2.05, 4.69) is 80.8 Å². The molecule has 1 fully saturated rings. The number of likely N-dealkylation sites (tertiary alicyclic amines) is 1. The largest absolute Gasteiger partial charge is 0.481 e. The molecule has 33 heteroatoms. The fraction of sp³-hybridized carbons (Fsp3) is 0.586. The van der Waals surface area contributed by atoms with Crippen molar-refractivity contribution in [3.05, 3.63) is 77.9 Å². The zero-order chi connectivity index (χ0) is 76.4. The van der Waals surface area contributed by atoms with Crippen LogP contribution in [0.5, 0.6) is 0 Å². The highest BCUT2D eigenvalue weighted by Gasteiger charge is 2.42. The number of primary amides is 1. The number of alkyl carbamates (subject to hydrolysis) is 1. The maximum absolute atomic E-state index is 14.7. The third kappa shape index (κ3) is 25.3. The van der Waals surface area contributed by atoms with Gasteiger partial charge in [-0.05, 0) is 90.4 Å². The maximum atomic E-state index is 14.7. The number of amides is 12. The topological polar surface area (TPSA) is 494 Å². The number of nitrogens with one attached hydrogen (secondary N) is 11. The van der Waals surface area contributed by atoms with Crippen molar-refractivity contribution in [2.24, 2.45) is 51.8 Å². The predicted molar refractivity (Wildman–Crippen MR) is 385 cm³/mol. The molecule has 1 saturated heterocycles. The smallest absolute Gasteiger partial charge is 0.407 e. The lowest BCUT2D eigenvalue weighted by Gasteiger charge is -2.32. The summed E-state index contributed by atoms with van der Waals surface area (Å²) in [5.74, 6) is -13.8. The fourth-order valence-electron chi connectivity index (χ4n) is 12.2. The van der Waals surface area contributed by atoms with E-state index in [1.54, 1.807) is 55.4 Å². The van der Waals surface area contributed by atoms with Gasteiger partial charge in [0.2, 0.25) is 65.0 Å². The molecule has 12 amide bonds. The maximum Gasteiger partial charge on any atom is 0.407 e. The molecule has 18 N–H and O–H groups in total. The molecule has 1 aliphatic heterocycles. The highest BCUT2D eigenvalue weighted by atomic mass is 32.1. The molecule has 0 radical (unpaired) electrons.